The van der Waals surface area contributed by atoms with E-state index in [-0.39, 0.29) is 11.8 Å². The van der Waals surface area contributed by atoms with E-state index in [4.69, 9.17) is 20.9 Å². The van der Waals surface area contributed by atoms with Crippen LogP contribution in [0.15, 0.2) is 53.1 Å². The van der Waals surface area contributed by atoms with Gasteiger partial charge in [-0.05, 0) is 42.0 Å². The Labute approximate surface area is 161 Å². The Morgan fingerprint density at radius 1 is 1.26 bits per heavy atom. The number of benzene rings is 2. The van der Waals surface area contributed by atoms with Crippen LogP contribution < -0.4 is 4.74 Å². The number of rotatable bonds is 5. The fourth-order valence-corrected chi connectivity index (χ4v) is 3.42. The third-order valence-electron chi connectivity index (χ3n) is 4.62. The van der Waals surface area contributed by atoms with Crippen LogP contribution >= 0.6 is 11.6 Å². The highest BCUT2D eigenvalue weighted by atomic mass is 35.5. The number of nitrogens with zero attached hydrogens (tertiary/aromatic N) is 3. The molecule has 6 nitrogen and oxygen atoms in total. The van der Waals surface area contributed by atoms with Gasteiger partial charge in [0.2, 0.25) is 5.91 Å². The minimum Gasteiger partial charge on any atom is -0.497 e. The monoisotopic (exact) mass is 383 g/mol. The first-order valence-corrected chi connectivity index (χ1v) is 9.00. The molecular weight excluding hydrogens is 366 g/mol. The molecule has 1 aliphatic rings. The maximum Gasteiger partial charge on any atom is 0.257 e. The molecule has 1 aliphatic heterocycles. The maximum absolute atomic E-state index is 12.4. The van der Waals surface area contributed by atoms with Crippen molar-refractivity contribution in [2.45, 2.75) is 18.9 Å². The molecule has 1 fully saturated rings. The summed E-state index contributed by atoms with van der Waals surface area (Å²) in [6.45, 7) is 1.09. The van der Waals surface area contributed by atoms with Crippen molar-refractivity contribution >= 4 is 17.5 Å². The zero-order valence-electron chi connectivity index (χ0n) is 14.8. The first kappa shape index (κ1) is 17.5. The zero-order chi connectivity index (χ0) is 18.8. The summed E-state index contributed by atoms with van der Waals surface area (Å²) in [6.07, 6.45) is 0.377. The summed E-state index contributed by atoms with van der Waals surface area (Å²) in [5.41, 5.74) is 1.82. The second kappa shape index (κ2) is 7.40. The van der Waals surface area contributed by atoms with Crippen LogP contribution in [0.4, 0.5) is 0 Å². The van der Waals surface area contributed by atoms with Crippen LogP contribution in [0, 0.1) is 0 Å². The predicted octanol–water partition coefficient (Wildman–Crippen LogP) is 3.91. The molecule has 138 valence electrons. The number of hydrogen-bond donors (Lipinski definition) is 0. The molecule has 4 rings (SSSR count). The van der Waals surface area contributed by atoms with Crippen LogP contribution in [0.25, 0.3) is 11.5 Å². The summed E-state index contributed by atoms with van der Waals surface area (Å²) in [5.74, 6) is 1.76. The van der Waals surface area contributed by atoms with E-state index in [1.807, 2.05) is 48.5 Å². The Bertz CT molecular complexity index is 955. The molecule has 3 aromatic rings. The molecule has 1 amide bonds. The van der Waals surface area contributed by atoms with Crippen molar-refractivity contribution < 1.29 is 14.1 Å². The van der Waals surface area contributed by atoms with E-state index in [0.29, 0.717) is 36.2 Å². The molecule has 0 spiro atoms. The van der Waals surface area contributed by atoms with Crippen LogP contribution in [0.3, 0.4) is 0 Å². The highest BCUT2D eigenvalue weighted by Gasteiger charge is 2.33. The predicted molar refractivity (Wildman–Crippen MR) is 101 cm³/mol. The van der Waals surface area contributed by atoms with Gasteiger partial charge in [-0.3, -0.25) is 4.79 Å². The molecule has 27 heavy (non-hydrogen) atoms. The number of amides is 1. The summed E-state index contributed by atoms with van der Waals surface area (Å²) >= 11 is 6.03. The molecule has 1 atom stereocenters. The highest BCUT2D eigenvalue weighted by Crippen LogP contribution is 2.30. The Morgan fingerprint density at radius 3 is 2.81 bits per heavy atom. The smallest absolute Gasteiger partial charge is 0.257 e. The summed E-state index contributed by atoms with van der Waals surface area (Å²) in [6, 6.07) is 14.9. The lowest BCUT2D eigenvalue weighted by Gasteiger charge is -2.16. The van der Waals surface area contributed by atoms with E-state index in [1.165, 1.54) is 0 Å². The van der Waals surface area contributed by atoms with Crippen LogP contribution in [0.1, 0.15) is 23.7 Å². The summed E-state index contributed by atoms with van der Waals surface area (Å²) in [4.78, 5) is 18.7. The molecule has 1 unspecified atom stereocenters. The number of ether oxygens (including phenoxy) is 1. The molecular formula is C20H18ClN3O3. The van der Waals surface area contributed by atoms with Gasteiger partial charge in [0, 0.05) is 36.0 Å². The molecule has 0 aliphatic carbocycles. The average molecular weight is 384 g/mol. The SMILES string of the molecule is COc1ccc(-c2nc(C3CC(=O)N(Cc4cccc(Cl)c4)C3)no2)cc1. The second-order valence-corrected chi connectivity index (χ2v) is 6.93. The van der Waals surface area contributed by atoms with Crippen LogP contribution in [-0.4, -0.2) is 34.6 Å². The maximum atomic E-state index is 12.4. The van der Waals surface area contributed by atoms with E-state index in [1.54, 1.807) is 12.0 Å². The summed E-state index contributed by atoms with van der Waals surface area (Å²) < 4.78 is 10.5. The Kier molecular flexibility index (Phi) is 4.81. The number of aromatic nitrogens is 2. The van der Waals surface area contributed by atoms with E-state index < -0.39 is 0 Å². The van der Waals surface area contributed by atoms with Crippen molar-refractivity contribution in [3.63, 3.8) is 0 Å². The molecule has 0 saturated carbocycles. The van der Waals surface area contributed by atoms with Crippen molar-refractivity contribution in [1.29, 1.82) is 0 Å². The molecule has 1 saturated heterocycles. The first-order valence-electron chi connectivity index (χ1n) is 8.62. The topological polar surface area (TPSA) is 68.5 Å². The van der Waals surface area contributed by atoms with Crippen molar-refractivity contribution in [2.24, 2.45) is 0 Å². The lowest BCUT2D eigenvalue weighted by molar-refractivity contribution is -0.128. The fourth-order valence-electron chi connectivity index (χ4n) is 3.21. The van der Waals surface area contributed by atoms with Crippen molar-refractivity contribution in [3.8, 4) is 17.2 Å². The van der Waals surface area contributed by atoms with Crippen molar-refractivity contribution in [3.05, 3.63) is 64.9 Å². The quantitative estimate of drug-likeness (QED) is 0.668. The van der Waals surface area contributed by atoms with Gasteiger partial charge >= 0.3 is 0 Å². The van der Waals surface area contributed by atoms with E-state index >= 15 is 0 Å². The highest BCUT2D eigenvalue weighted by molar-refractivity contribution is 6.30. The largest absolute Gasteiger partial charge is 0.497 e. The molecule has 1 aromatic heterocycles. The van der Waals surface area contributed by atoms with E-state index in [0.717, 1.165) is 16.9 Å². The van der Waals surface area contributed by atoms with Crippen LogP contribution in [0.2, 0.25) is 5.02 Å². The van der Waals surface area contributed by atoms with Gasteiger partial charge in [-0.25, -0.2) is 0 Å². The minimum absolute atomic E-state index is 0.0765. The Morgan fingerprint density at radius 2 is 2.07 bits per heavy atom. The van der Waals surface area contributed by atoms with E-state index in [9.17, 15) is 4.79 Å². The lowest BCUT2D eigenvalue weighted by atomic mass is 10.1. The van der Waals surface area contributed by atoms with Gasteiger partial charge in [-0.1, -0.05) is 28.9 Å². The van der Waals surface area contributed by atoms with Crippen LogP contribution in [-0.2, 0) is 11.3 Å². The number of methoxy groups -OCH3 is 1. The van der Waals surface area contributed by atoms with Crippen LogP contribution in [0.5, 0.6) is 5.75 Å². The van der Waals surface area contributed by atoms with Gasteiger partial charge < -0.3 is 14.2 Å². The van der Waals surface area contributed by atoms with Gasteiger partial charge in [-0.2, -0.15) is 4.98 Å². The van der Waals surface area contributed by atoms with Gasteiger partial charge in [0.15, 0.2) is 5.82 Å². The molecule has 0 bridgehead atoms. The van der Waals surface area contributed by atoms with Gasteiger partial charge in [-0.15, -0.1) is 0 Å². The van der Waals surface area contributed by atoms with Gasteiger partial charge in [0.05, 0.1) is 7.11 Å². The minimum atomic E-state index is -0.0765. The molecule has 2 aromatic carbocycles. The first-order chi connectivity index (χ1) is 13.1. The number of carbonyl (C=O) groups is 1. The van der Waals surface area contributed by atoms with Crippen molar-refractivity contribution in [2.75, 3.05) is 13.7 Å². The van der Waals surface area contributed by atoms with E-state index in [2.05, 4.69) is 10.1 Å². The number of likely N-dealkylation sites (tertiary alicyclic amines) is 1. The average Bonchev–Trinajstić information content (AvgIpc) is 3.29. The van der Waals surface area contributed by atoms with Gasteiger partial charge in [0.25, 0.3) is 5.89 Å². The third-order valence-corrected chi connectivity index (χ3v) is 4.86. The number of hydrogen-bond acceptors (Lipinski definition) is 5. The lowest BCUT2D eigenvalue weighted by Crippen LogP contribution is -2.24. The number of carbonyl (C=O) groups excluding carboxylic acids is 1. The number of halogens is 1. The normalized spacial score (nSPS) is 16.7. The molecule has 7 heteroatoms. The fraction of sp³-hybridized carbons (Fsp3) is 0.250. The zero-order valence-corrected chi connectivity index (χ0v) is 15.5. The standard InChI is InChI=1S/C20H18ClN3O3/c1-26-17-7-5-14(6-8-17)20-22-19(23-27-20)15-10-18(25)24(12-15)11-13-3-2-4-16(21)9-13/h2-9,15H,10-12H2,1H3. The van der Waals surface area contributed by atoms with Crippen molar-refractivity contribution in [1.82, 2.24) is 15.0 Å². The molecule has 2 heterocycles. The van der Waals surface area contributed by atoms with Gasteiger partial charge in [0.1, 0.15) is 5.75 Å². The summed E-state index contributed by atoms with van der Waals surface area (Å²) in [5, 5.41) is 4.75. The summed E-state index contributed by atoms with van der Waals surface area (Å²) in [7, 11) is 1.62. The third kappa shape index (κ3) is 3.80. The second-order valence-electron chi connectivity index (χ2n) is 6.49. The Balaban J connectivity index is 1.46. The molecule has 0 radical (unpaired) electrons. The molecule has 0 N–H and O–H groups in total. The Hall–Kier alpha value is -2.86.